The van der Waals surface area contributed by atoms with Gasteiger partial charge in [0.05, 0.1) is 34.3 Å². The molecule has 1 aliphatic heterocycles. The fourth-order valence-electron chi connectivity index (χ4n) is 4.37. The average molecular weight is 477 g/mol. The maximum Gasteiger partial charge on any atom is 0.264 e. The first-order valence-corrected chi connectivity index (χ1v) is 12.4. The zero-order valence-electron chi connectivity index (χ0n) is 18.9. The third-order valence-electron chi connectivity index (χ3n) is 6.04. The van der Waals surface area contributed by atoms with E-state index in [0.29, 0.717) is 31.1 Å². The highest BCUT2D eigenvalue weighted by atomic mass is 32.2. The Hall–Kier alpha value is -3.85. The number of nitrogens with zero attached hydrogens (tertiary/aromatic N) is 3. The first-order chi connectivity index (χ1) is 16.4. The summed E-state index contributed by atoms with van der Waals surface area (Å²) >= 11 is 0. The highest BCUT2D eigenvalue weighted by Gasteiger charge is 2.31. The Morgan fingerprint density at radius 3 is 2.65 bits per heavy atom. The SMILES string of the molecule is CCn1c(NC(=O)c2cc(S(=O)(=O)N3CCc4ccccc43)ccc2OC)nc2ccccc21. The molecule has 0 saturated carbocycles. The molecule has 0 unspecified atom stereocenters. The highest BCUT2D eigenvalue weighted by molar-refractivity contribution is 7.92. The lowest BCUT2D eigenvalue weighted by atomic mass is 10.2. The van der Waals surface area contributed by atoms with Gasteiger partial charge in [-0.3, -0.25) is 14.4 Å². The van der Waals surface area contributed by atoms with Crippen molar-refractivity contribution in [2.24, 2.45) is 0 Å². The molecule has 34 heavy (non-hydrogen) atoms. The Labute approximate surface area is 197 Å². The van der Waals surface area contributed by atoms with Gasteiger partial charge in [-0.2, -0.15) is 0 Å². The summed E-state index contributed by atoms with van der Waals surface area (Å²) in [6.45, 7) is 2.93. The molecule has 0 atom stereocenters. The molecule has 0 bridgehead atoms. The van der Waals surface area contributed by atoms with Crippen molar-refractivity contribution in [1.29, 1.82) is 0 Å². The van der Waals surface area contributed by atoms with E-state index in [4.69, 9.17) is 4.74 Å². The number of amides is 1. The van der Waals surface area contributed by atoms with E-state index in [1.54, 1.807) is 6.07 Å². The zero-order chi connectivity index (χ0) is 23.9. The highest BCUT2D eigenvalue weighted by Crippen LogP contribution is 2.34. The number of aryl methyl sites for hydroxylation is 1. The number of rotatable bonds is 6. The predicted octanol–water partition coefficient (Wildman–Crippen LogP) is 4.07. The molecule has 3 aromatic carbocycles. The number of carbonyl (C=O) groups is 1. The molecule has 1 N–H and O–H groups in total. The summed E-state index contributed by atoms with van der Waals surface area (Å²) in [7, 11) is -2.42. The minimum absolute atomic E-state index is 0.0270. The Morgan fingerprint density at radius 1 is 1.09 bits per heavy atom. The molecule has 0 spiro atoms. The molecule has 0 aliphatic carbocycles. The van der Waals surface area contributed by atoms with Gasteiger partial charge in [-0.15, -0.1) is 0 Å². The second-order valence-corrected chi connectivity index (χ2v) is 9.80. The number of aromatic nitrogens is 2. The molecular formula is C25H24N4O4S. The lowest BCUT2D eigenvalue weighted by Crippen LogP contribution is -2.29. The van der Waals surface area contributed by atoms with E-state index in [-0.39, 0.29) is 16.2 Å². The number of hydrogen-bond acceptors (Lipinski definition) is 5. The van der Waals surface area contributed by atoms with Crippen molar-refractivity contribution in [2.45, 2.75) is 24.8 Å². The topological polar surface area (TPSA) is 93.5 Å². The number of hydrogen-bond donors (Lipinski definition) is 1. The van der Waals surface area contributed by atoms with Gasteiger partial charge in [-0.25, -0.2) is 13.4 Å². The van der Waals surface area contributed by atoms with Gasteiger partial charge in [0.25, 0.3) is 15.9 Å². The molecule has 174 valence electrons. The van der Waals surface area contributed by atoms with E-state index in [1.165, 1.54) is 29.6 Å². The second-order valence-electron chi connectivity index (χ2n) is 7.94. The normalized spacial score (nSPS) is 13.2. The van der Waals surface area contributed by atoms with E-state index in [2.05, 4.69) is 10.3 Å². The molecule has 4 aromatic rings. The number of methoxy groups -OCH3 is 1. The first-order valence-electron chi connectivity index (χ1n) is 11.0. The molecule has 2 heterocycles. The molecule has 1 aliphatic rings. The van der Waals surface area contributed by atoms with Gasteiger partial charge in [0.2, 0.25) is 5.95 Å². The summed E-state index contributed by atoms with van der Waals surface area (Å²) < 4.78 is 35.6. The van der Waals surface area contributed by atoms with Crippen molar-refractivity contribution in [1.82, 2.24) is 9.55 Å². The van der Waals surface area contributed by atoms with Crippen LogP contribution >= 0.6 is 0 Å². The van der Waals surface area contributed by atoms with Gasteiger partial charge in [-0.1, -0.05) is 30.3 Å². The maximum atomic E-state index is 13.5. The van der Waals surface area contributed by atoms with E-state index in [9.17, 15) is 13.2 Å². The first kappa shape index (κ1) is 22.0. The lowest BCUT2D eigenvalue weighted by molar-refractivity contribution is 0.102. The summed E-state index contributed by atoms with van der Waals surface area (Å²) in [6.07, 6.45) is 0.645. The van der Waals surface area contributed by atoms with Crippen LogP contribution < -0.4 is 14.4 Å². The molecule has 0 radical (unpaired) electrons. The van der Waals surface area contributed by atoms with Gasteiger partial charge < -0.3 is 9.30 Å². The van der Waals surface area contributed by atoms with Crippen LogP contribution in [0.15, 0.2) is 71.6 Å². The summed E-state index contributed by atoms with van der Waals surface area (Å²) in [5, 5.41) is 2.83. The third kappa shape index (κ3) is 3.58. The minimum Gasteiger partial charge on any atom is -0.496 e. The van der Waals surface area contributed by atoms with Crippen LogP contribution in [0.1, 0.15) is 22.8 Å². The summed E-state index contributed by atoms with van der Waals surface area (Å²) in [6, 6.07) is 19.4. The molecule has 8 nitrogen and oxygen atoms in total. The van der Waals surface area contributed by atoms with E-state index >= 15 is 0 Å². The number of ether oxygens (including phenoxy) is 1. The van der Waals surface area contributed by atoms with E-state index in [0.717, 1.165) is 16.6 Å². The predicted molar refractivity (Wildman–Crippen MR) is 131 cm³/mol. The van der Waals surface area contributed by atoms with Crippen molar-refractivity contribution >= 4 is 38.6 Å². The summed E-state index contributed by atoms with van der Waals surface area (Å²) in [5.74, 6) is 0.163. The molecule has 0 saturated heterocycles. The standard InChI is InChI=1S/C25H24N4O4S/c1-3-28-22-11-7-5-9-20(22)26-25(28)27-24(30)19-16-18(12-13-23(19)33-2)34(31,32)29-15-14-17-8-4-6-10-21(17)29/h4-13,16H,3,14-15H2,1-2H3,(H,26,27,30). The van der Waals surface area contributed by atoms with Gasteiger partial charge in [0.1, 0.15) is 5.75 Å². The smallest absolute Gasteiger partial charge is 0.264 e. The van der Waals surface area contributed by atoms with Crippen LogP contribution in [0.25, 0.3) is 11.0 Å². The van der Waals surface area contributed by atoms with Crippen molar-refractivity contribution in [3.05, 3.63) is 77.9 Å². The maximum absolute atomic E-state index is 13.5. The van der Waals surface area contributed by atoms with E-state index < -0.39 is 15.9 Å². The quantitative estimate of drug-likeness (QED) is 0.453. The van der Waals surface area contributed by atoms with Gasteiger partial charge >= 0.3 is 0 Å². The number of fused-ring (bicyclic) bond motifs is 2. The number of carbonyl (C=O) groups excluding carboxylic acids is 1. The largest absolute Gasteiger partial charge is 0.496 e. The van der Waals surface area contributed by atoms with Crippen molar-refractivity contribution < 1.29 is 17.9 Å². The molecule has 0 fully saturated rings. The number of benzene rings is 3. The van der Waals surface area contributed by atoms with Gasteiger partial charge in [0.15, 0.2) is 0 Å². The number of para-hydroxylation sites is 3. The number of nitrogens with one attached hydrogen (secondary N) is 1. The van der Waals surface area contributed by atoms with Crippen LogP contribution in [0.2, 0.25) is 0 Å². The lowest BCUT2D eigenvalue weighted by Gasteiger charge is -2.20. The molecular weight excluding hydrogens is 452 g/mol. The molecule has 1 aromatic heterocycles. The molecule has 1 amide bonds. The molecule has 9 heteroatoms. The van der Waals surface area contributed by atoms with Gasteiger partial charge in [0, 0.05) is 13.1 Å². The Kier molecular flexibility index (Phi) is 5.49. The number of sulfonamides is 1. The van der Waals surface area contributed by atoms with E-state index in [1.807, 2.05) is 54.0 Å². The van der Waals surface area contributed by atoms with Crippen molar-refractivity contribution in [3.63, 3.8) is 0 Å². The zero-order valence-corrected chi connectivity index (χ0v) is 19.7. The average Bonchev–Trinajstić information content (AvgIpc) is 3.45. The number of imidazole rings is 1. The monoisotopic (exact) mass is 476 g/mol. The second kappa shape index (κ2) is 8.49. The van der Waals surface area contributed by atoms with Crippen LogP contribution in [-0.2, 0) is 23.0 Å². The molecule has 5 rings (SSSR count). The van der Waals surface area contributed by atoms with Crippen molar-refractivity contribution in [3.8, 4) is 5.75 Å². The Morgan fingerprint density at radius 2 is 1.85 bits per heavy atom. The Bertz CT molecular complexity index is 1510. The fraction of sp³-hybridized carbons (Fsp3) is 0.200. The summed E-state index contributed by atoms with van der Waals surface area (Å²) in [5.41, 5.74) is 3.43. The fourth-order valence-corrected chi connectivity index (χ4v) is 5.90. The van der Waals surface area contributed by atoms with Crippen LogP contribution in [0.3, 0.4) is 0 Å². The Balaban J connectivity index is 1.51. The van der Waals surface area contributed by atoms with Crippen LogP contribution in [-0.4, -0.2) is 37.5 Å². The van der Waals surface area contributed by atoms with Crippen LogP contribution in [0.4, 0.5) is 11.6 Å². The van der Waals surface area contributed by atoms with Crippen LogP contribution in [0, 0.1) is 0 Å². The van der Waals surface area contributed by atoms with Gasteiger partial charge in [-0.05, 0) is 55.3 Å². The van der Waals surface area contributed by atoms with Crippen LogP contribution in [0.5, 0.6) is 5.75 Å². The van der Waals surface area contributed by atoms with Crippen molar-refractivity contribution in [2.75, 3.05) is 23.3 Å². The number of anilines is 2. The minimum atomic E-state index is -3.86. The summed E-state index contributed by atoms with van der Waals surface area (Å²) in [4.78, 5) is 17.8. The third-order valence-corrected chi connectivity index (χ3v) is 7.85.